The maximum atomic E-state index is 13.5. The Hall–Kier alpha value is -2.49. The van der Waals surface area contributed by atoms with E-state index in [4.69, 9.17) is 27.9 Å². The minimum atomic E-state index is -3.59. The van der Waals surface area contributed by atoms with Crippen LogP contribution in [0, 0.1) is 0 Å². The number of amides is 2. The lowest BCUT2D eigenvalue weighted by Gasteiger charge is -2.31. The van der Waals surface area contributed by atoms with E-state index in [1.807, 2.05) is 6.92 Å². The summed E-state index contributed by atoms with van der Waals surface area (Å²) in [6.45, 7) is 4.38. The van der Waals surface area contributed by atoms with Crippen molar-refractivity contribution < 1.29 is 22.7 Å². The Morgan fingerprint density at radius 1 is 1.05 bits per heavy atom. The van der Waals surface area contributed by atoms with Crippen LogP contribution in [0.5, 0.6) is 5.75 Å². The van der Waals surface area contributed by atoms with Crippen LogP contribution in [0.25, 0.3) is 0 Å². The van der Waals surface area contributed by atoms with E-state index in [0.717, 1.165) is 37.5 Å². The molecule has 2 aromatic carbocycles. The van der Waals surface area contributed by atoms with Crippen molar-refractivity contribution >= 4 is 50.7 Å². The molecule has 2 aromatic rings. The Labute approximate surface area is 248 Å². The lowest BCUT2D eigenvalue weighted by atomic mass is 9.95. The van der Waals surface area contributed by atoms with Gasteiger partial charge in [-0.2, -0.15) is 0 Å². The maximum Gasteiger partial charge on any atom is 0.242 e. The number of carbonyl (C=O) groups excluding carboxylic acids is 2. The topological polar surface area (TPSA) is 96.0 Å². The Morgan fingerprint density at radius 3 is 2.33 bits per heavy atom. The molecule has 1 aliphatic carbocycles. The molecule has 1 fully saturated rings. The van der Waals surface area contributed by atoms with Gasteiger partial charge in [0.1, 0.15) is 11.8 Å². The second kappa shape index (κ2) is 14.9. The van der Waals surface area contributed by atoms with Gasteiger partial charge in [0.25, 0.3) is 0 Å². The Bertz CT molecular complexity index is 1250. The number of hydrogen-bond donors (Lipinski definition) is 1. The van der Waals surface area contributed by atoms with Gasteiger partial charge in [0.2, 0.25) is 21.8 Å². The van der Waals surface area contributed by atoms with Crippen LogP contribution in [0.4, 0.5) is 5.69 Å². The lowest BCUT2D eigenvalue weighted by Crippen LogP contribution is -2.50. The number of rotatable bonds is 13. The van der Waals surface area contributed by atoms with E-state index in [2.05, 4.69) is 5.32 Å². The molecular formula is C29H39Cl2N3O5S. The Morgan fingerprint density at radius 2 is 1.73 bits per heavy atom. The fourth-order valence-electron chi connectivity index (χ4n) is 4.87. The third-order valence-corrected chi connectivity index (χ3v) is 8.98. The molecule has 8 nitrogen and oxygen atoms in total. The number of ether oxygens (including phenoxy) is 1. The van der Waals surface area contributed by atoms with Gasteiger partial charge in [-0.05, 0) is 75.1 Å². The van der Waals surface area contributed by atoms with Crippen LogP contribution in [0.1, 0.15) is 64.4 Å². The van der Waals surface area contributed by atoms with Crippen molar-refractivity contribution in [2.24, 2.45) is 0 Å². The highest BCUT2D eigenvalue weighted by atomic mass is 35.5. The quantitative estimate of drug-likeness (QED) is 0.308. The van der Waals surface area contributed by atoms with Crippen LogP contribution in [0.3, 0.4) is 0 Å². The molecular weight excluding hydrogens is 573 g/mol. The first-order valence-electron chi connectivity index (χ1n) is 13.7. The summed E-state index contributed by atoms with van der Waals surface area (Å²) in [6.07, 6.45) is 6.68. The van der Waals surface area contributed by atoms with Crippen molar-refractivity contribution in [3.8, 4) is 5.75 Å². The van der Waals surface area contributed by atoms with Crippen molar-refractivity contribution in [3.63, 3.8) is 0 Å². The van der Waals surface area contributed by atoms with Crippen LogP contribution in [0.15, 0.2) is 42.5 Å². The zero-order valence-electron chi connectivity index (χ0n) is 23.4. The average molecular weight is 613 g/mol. The van der Waals surface area contributed by atoms with E-state index in [1.54, 1.807) is 49.4 Å². The molecule has 11 heteroatoms. The van der Waals surface area contributed by atoms with Gasteiger partial charge < -0.3 is 15.0 Å². The molecule has 1 saturated carbocycles. The lowest BCUT2D eigenvalue weighted by molar-refractivity contribution is -0.141. The second-order valence-corrected chi connectivity index (χ2v) is 12.9. The van der Waals surface area contributed by atoms with Gasteiger partial charge in [-0.25, -0.2) is 8.42 Å². The summed E-state index contributed by atoms with van der Waals surface area (Å²) < 4.78 is 31.9. The molecule has 0 aliphatic heterocycles. The summed E-state index contributed by atoms with van der Waals surface area (Å²) in [5, 5.41) is 3.88. The van der Waals surface area contributed by atoms with Crippen LogP contribution >= 0.6 is 23.2 Å². The molecule has 0 spiro atoms. The summed E-state index contributed by atoms with van der Waals surface area (Å²) in [4.78, 5) is 28.2. The predicted octanol–water partition coefficient (Wildman–Crippen LogP) is 5.80. The standard InChI is InChI=1S/C29H39Cl2N3O5S/c1-4-39-25-15-13-24(14-16-25)34(40(3,37)38)18-8-11-28(35)33(20-22-12-17-26(30)27(31)19-22)21(2)29(36)32-23-9-6-5-7-10-23/h12-17,19,21,23H,4-11,18,20H2,1-3H3,(H,32,36)/t21-/m1/s1. The van der Waals surface area contributed by atoms with Gasteiger partial charge in [0.15, 0.2) is 0 Å². The van der Waals surface area contributed by atoms with Crippen molar-refractivity contribution in [2.75, 3.05) is 23.7 Å². The van der Waals surface area contributed by atoms with Gasteiger partial charge in [0.05, 0.1) is 28.6 Å². The third-order valence-electron chi connectivity index (χ3n) is 7.04. The zero-order chi connectivity index (χ0) is 29.3. The molecule has 0 saturated heterocycles. The van der Waals surface area contributed by atoms with E-state index in [9.17, 15) is 18.0 Å². The van der Waals surface area contributed by atoms with Crippen LogP contribution in [-0.4, -0.2) is 56.6 Å². The number of benzene rings is 2. The maximum absolute atomic E-state index is 13.5. The molecule has 220 valence electrons. The number of halogens is 2. The minimum absolute atomic E-state index is 0.0609. The normalized spacial score (nSPS) is 14.8. The Balaban J connectivity index is 1.72. The Kier molecular flexibility index (Phi) is 12.0. The highest BCUT2D eigenvalue weighted by Gasteiger charge is 2.28. The second-order valence-electron chi connectivity index (χ2n) is 10.2. The largest absolute Gasteiger partial charge is 0.494 e. The zero-order valence-corrected chi connectivity index (χ0v) is 25.7. The number of anilines is 1. The van der Waals surface area contributed by atoms with Gasteiger partial charge in [0, 0.05) is 25.6 Å². The van der Waals surface area contributed by atoms with E-state index in [1.165, 1.54) is 15.6 Å². The summed E-state index contributed by atoms with van der Waals surface area (Å²) >= 11 is 12.3. The van der Waals surface area contributed by atoms with E-state index < -0.39 is 16.1 Å². The molecule has 1 N–H and O–H groups in total. The fourth-order valence-corrected chi connectivity index (χ4v) is 6.15. The molecule has 1 atom stereocenters. The van der Waals surface area contributed by atoms with Crippen LogP contribution in [-0.2, 0) is 26.2 Å². The predicted molar refractivity (Wildman–Crippen MR) is 161 cm³/mol. The summed E-state index contributed by atoms with van der Waals surface area (Å²) in [6, 6.07) is 11.3. The van der Waals surface area contributed by atoms with Crippen molar-refractivity contribution in [3.05, 3.63) is 58.1 Å². The first-order chi connectivity index (χ1) is 19.0. The first kappa shape index (κ1) is 32.0. The van der Waals surface area contributed by atoms with E-state index in [0.29, 0.717) is 28.1 Å². The number of nitrogens with zero attached hydrogens (tertiary/aromatic N) is 2. The number of carbonyl (C=O) groups is 2. The van der Waals surface area contributed by atoms with Gasteiger partial charge >= 0.3 is 0 Å². The molecule has 1 aliphatic rings. The number of sulfonamides is 1. The molecule has 0 heterocycles. The van der Waals surface area contributed by atoms with Crippen LogP contribution in [0.2, 0.25) is 10.0 Å². The van der Waals surface area contributed by atoms with Gasteiger partial charge in [-0.15, -0.1) is 0 Å². The van der Waals surface area contributed by atoms with Crippen LogP contribution < -0.4 is 14.4 Å². The molecule has 0 bridgehead atoms. The van der Waals surface area contributed by atoms with Gasteiger partial charge in [-0.3, -0.25) is 13.9 Å². The van der Waals surface area contributed by atoms with E-state index >= 15 is 0 Å². The molecule has 0 unspecified atom stereocenters. The third kappa shape index (κ3) is 9.28. The summed E-state index contributed by atoms with van der Waals surface area (Å²) in [7, 11) is -3.59. The molecule has 2 amide bonds. The molecule has 3 rings (SSSR count). The SMILES string of the molecule is CCOc1ccc(N(CCCC(=O)N(Cc2ccc(Cl)c(Cl)c2)[C@H](C)C(=O)NC2CCCCC2)S(C)(=O)=O)cc1. The molecule has 40 heavy (non-hydrogen) atoms. The van der Waals surface area contributed by atoms with E-state index in [-0.39, 0.29) is 43.8 Å². The fraction of sp³-hybridized carbons (Fsp3) is 0.517. The summed E-state index contributed by atoms with van der Waals surface area (Å²) in [5.41, 5.74) is 1.23. The molecule has 0 aromatic heterocycles. The average Bonchev–Trinajstić information content (AvgIpc) is 2.92. The number of nitrogens with one attached hydrogen (secondary N) is 1. The highest BCUT2D eigenvalue weighted by molar-refractivity contribution is 7.92. The van der Waals surface area contributed by atoms with Crippen molar-refractivity contribution in [1.82, 2.24) is 10.2 Å². The highest BCUT2D eigenvalue weighted by Crippen LogP contribution is 2.25. The smallest absolute Gasteiger partial charge is 0.242 e. The summed E-state index contributed by atoms with van der Waals surface area (Å²) in [5.74, 6) is 0.193. The van der Waals surface area contributed by atoms with Crippen molar-refractivity contribution in [2.45, 2.75) is 77.4 Å². The molecule has 0 radical (unpaired) electrons. The first-order valence-corrected chi connectivity index (χ1v) is 16.3. The van der Waals surface area contributed by atoms with Gasteiger partial charge in [-0.1, -0.05) is 48.5 Å². The monoisotopic (exact) mass is 611 g/mol. The van der Waals surface area contributed by atoms with Crippen molar-refractivity contribution in [1.29, 1.82) is 0 Å². The minimum Gasteiger partial charge on any atom is -0.494 e. The number of hydrogen-bond acceptors (Lipinski definition) is 5.